The summed E-state index contributed by atoms with van der Waals surface area (Å²) in [5.41, 5.74) is -0.308. The van der Waals surface area contributed by atoms with E-state index in [1.165, 1.54) is 12.1 Å². The number of amides is 2. The summed E-state index contributed by atoms with van der Waals surface area (Å²) in [6.07, 6.45) is 5.21. The molecule has 4 aliphatic carbocycles. The largest absolute Gasteiger partial charge is 0.419 e. The molecule has 2 saturated carbocycles. The van der Waals surface area contributed by atoms with Gasteiger partial charge in [0, 0.05) is 13.0 Å². The van der Waals surface area contributed by atoms with Gasteiger partial charge < -0.3 is 4.74 Å². The Bertz CT molecular complexity index is 918. The molecule has 2 bridgehead atoms. The number of rotatable bonds is 3. The molecule has 6 atom stereocenters. The SMILES string of the molecule is CC(=O)Oc1ccc(N2C(=O)[C@@H]3[C@H]4C=C[C@H]([C@H]5C[C@@H]45)[C@@H]3C2=O)cc1[N+](=O)[O-]. The minimum absolute atomic E-state index is 0.0850. The summed E-state index contributed by atoms with van der Waals surface area (Å²) < 4.78 is 4.86. The van der Waals surface area contributed by atoms with Crippen LogP contribution in [0.25, 0.3) is 0 Å². The summed E-state index contributed by atoms with van der Waals surface area (Å²) in [7, 11) is 0. The van der Waals surface area contributed by atoms with Gasteiger partial charge in [0.2, 0.25) is 17.6 Å². The first-order valence-corrected chi connectivity index (χ1v) is 8.91. The van der Waals surface area contributed by atoms with Crippen LogP contribution in [0.15, 0.2) is 30.4 Å². The van der Waals surface area contributed by atoms with Gasteiger partial charge in [-0.25, -0.2) is 4.90 Å². The number of allylic oxidation sites excluding steroid dienone is 2. The molecule has 8 nitrogen and oxygen atoms in total. The van der Waals surface area contributed by atoms with Gasteiger partial charge in [0.15, 0.2) is 0 Å². The lowest BCUT2D eigenvalue weighted by Gasteiger charge is -2.37. The van der Waals surface area contributed by atoms with Crippen LogP contribution in [0.2, 0.25) is 0 Å². The zero-order valence-corrected chi connectivity index (χ0v) is 14.4. The normalized spacial score (nSPS) is 35.1. The summed E-state index contributed by atoms with van der Waals surface area (Å²) in [5.74, 6) is -1.08. The van der Waals surface area contributed by atoms with Gasteiger partial charge in [0.25, 0.3) is 0 Å². The second-order valence-corrected chi connectivity index (χ2v) is 7.67. The van der Waals surface area contributed by atoms with Crippen LogP contribution < -0.4 is 9.64 Å². The third kappa shape index (κ3) is 2.12. The number of esters is 1. The van der Waals surface area contributed by atoms with Crippen LogP contribution in [0.5, 0.6) is 5.75 Å². The van der Waals surface area contributed by atoms with E-state index in [1.807, 2.05) is 0 Å². The molecule has 2 amide bonds. The van der Waals surface area contributed by atoms with E-state index in [1.54, 1.807) is 0 Å². The number of carbonyl (C=O) groups is 3. The molecule has 27 heavy (non-hydrogen) atoms. The first-order chi connectivity index (χ1) is 12.9. The Morgan fingerprint density at radius 2 is 1.74 bits per heavy atom. The van der Waals surface area contributed by atoms with E-state index in [2.05, 4.69) is 12.2 Å². The van der Waals surface area contributed by atoms with Crippen LogP contribution in [0.4, 0.5) is 11.4 Å². The number of nitrogens with zero attached hydrogens (tertiary/aromatic N) is 2. The van der Waals surface area contributed by atoms with Crippen molar-refractivity contribution in [3.8, 4) is 5.75 Å². The van der Waals surface area contributed by atoms with Gasteiger partial charge >= 0.3 is 11.7 Å². The third-order valence-electron chi connectivity index (χ3n) is 6.31. The summed E-state index contributed by atoms with van der Waals surface area (Å²) in [5, 5.41) is 11.4. The molecule has 1 saturated heterocycles. The zero-order valence-electron chi connectivity index (χ0n) is 14.4. The number of ether oxygens (including phenoxy) is 1. The summed E-state index contributed by atoms with van der Waals surface area (Å²) in [6.45, 7) is 1.14. The predicted octanol–water partition coefficient (Wildman–Crippen LogP) is 2.08. The molecule has 8 heteroatoms. The van der Waals surface area contributed by atoms with Gasteiger partial charge in [-0.3, -0.25) is 24.5 Å². The highest BCUT2D eigenvalue weighted by Crippen LogP contribution is 2.65. The molecule has 1 aromatic rings. The van der Waals surface area contributed by atoms with Crippen molar-refractivity contribution in [1.29, 1.82) is 0 Å². The highest BCUT2D eigenvalue weighted by molar-refractivity contribution is 6.22. The van der Waals surface area contributed by atoms with E-state index in [9.17, 15) is 24.5 Å². The monoisotopic (exact) mass is 368 g/mol. The lowest BCUT2D eigenvalue weighted by atomic mass is 9.63. The summed E-state index contributed by atoms with van der Waals surface area (Å²) in [4.78, 5) is 49.0. The Hall–Kier alpha value is -3.03. The molecule has 1 heterocycles. The molecule has 0 spiro atoms. The maximum Gasteiger partial charge on any atom is 0.313 e. The minimum Gasteiger partial charge on any atom is -0.419 e. The predicted molar refractivity (Wildman–Crippen MR) is 91.6 cm³/mol. The molecule has 1 aromatic carbocycles. The number of hydrogen-bond acceptors (Lipinski definition) is 6. The van der Waals surface area contributed by atoms with Gasteiger partial charge in [0.1, 0.15) is 0 Å². The van der Waals surface area contributed by atoms with Crippen LogP contribution in [-0.4, -0.2) is 22.7 Å². The molecular weight excluding hydrogens is 352 g/mol. The van der Waals surface area contributed by atoms with Gasteiger partial charge in [-0.15, -0.1) is 0 Å². The van der Waals surface area contributed by atoms with Crippen molar-refractivity contribution in [2.45, 2.75) is 13.3 Å². The second-order valence-electron chi connectivity index (χ2n) is 7.67. The van der Waals surface area contributed by atoms with Crippen molar-refractivity contribution in [2.24, 2.45) is 35.5 Å². The Balaban J connectivity index is 1.53. The third-order valence-corrected chi connectivity index (χ3v) is 6.31. The van der Waals surface area contributed by atoms with Crippen LogP contribution >= 0.6 is 0 Å². The maximum absolute atomic E-state index is 13.1. The Morgan fingerprint density at radius 1 is 1.15 bits per heavy atom. The number of nitro groups is 1. The molecular formula is C19H16N2O6. The van der Waals surface area contributed by atoms with Crippen molar-refractivity contribution in [2.75, 3.05) is 4.90 Å². The van der Waals surface area contributed by atoms with Gasteiger partial charge in [-0.2, -0.15) is 0 Å². The maximum atomic E-state index is 13.1. The number of carbonyl (C=O) groups excluding carboxylic acids is 3. The van der Waals surface area contributed by atoms with E-state index < -0.39 is 16.6 Å². The highest BCUT2D eigenvalue weighted by atomic mass is 16.6. The fraction of sp³-hybridized carbons (Fsp3) is 0.421. The summed E-state index contributed by atoms with van der Waals surface area (Å²) >= 11 is 0. The van der Waals surface area contributed by atoms with Crippen molar-refractivity contribution in [3.05, 3.63) is 40.5 Å². The molecule has 0 radical (unpaired) electrons. The average Bonchev–Trinajstić information content (AvgIpc) is 3.39. The van der Waals surface area contributed by atoms with Gasteiger partial charge in [-0.1, -0.05) is 12.2 Å². The first-order valence-electron chi connectivity index (χ1n) is 8.91. The Kier molecular flexibility index (Phi) is 3.14. The lowest BCUT2D eigenvalue weighted by molar-refractivity contribution is -0.385. The Morgan fingerprint density at radius 3 is 2.26 bits per heavy atom. The summed E-state index contributed by atoms with van der Waals surface area (Å²) in [6, 6.07) is 3.79. The van der Waals surface area contributed by atoms with E-state index in [0.29, 0.717) is 11.8 Å². The number of nitro benzene ring substituents is 1. The van der Waals surface area contributed by atoms with Crippen molar-refractivity contribution < 1.29 is 24.0 Å². The molecule has 3 fully saturated rings. The van der Waals surface area contributed by atoms with Crippen LogP contribution in [0.3, 0.4) is 0 Å². The minimum atomic E-state index is -0.694. The van der Waals surface area contributed by atoms with E-state index in [4.69, 9.17) is 4.74 Å². The number of anilines is 1. The molecule has 138 valence electrons. The van der Waals surface area contributed by atoms with Crippen molar-refractivity contribution in [1.82, 2.24) is 0 Å². The lowest BCUT2D eigenvalue weighted by Crippen LogP contribution is -2.40. The van der Waals surface area contributed by atoms with Gasteiger partial charge in [0.05, 0.1) is 22.4 Å². The molecule has 0 unspecified atom stereocenters. The average molecular weight is 368 g/mol. The standard InChI is InChI=1S/C19H16N2O6/c1-8(22)27-15-5-2-9(6-14(15)21(25)26)20-18(23)16-10-3-4-11(13-7-12(10)13)17(16)19(20)24/h2-6,10-13,16-17H,7H2,1H3/t10-,11+,12-,13+,16+,17-. The van der Waals surface area contributed by atoms with E-state index in [0.717, 1.165) is 24.3 Å². The first kappa shape index (κ1) is 16.2. The van der Waals surface area contributed by atoms with Crippen LogP contribution in [-0.2, 0) is 14.4 Å². The second kappa shape index (κ2) is 5.25. The van der Waals surface area contributed by atoms with Crippen molar-refractivity contribution in [3.63, 3.8) is 0 Å². The van der Waals surface area contributed by atoms with Crippen LogP contribution in [0, 0.1) is 45.6 Å². The number of hydrogen-bond donors (Lipinski definition) is 0. The quantitative estimate of drug-likeness (QED) is 0.202. The van der Waals surface area contributed by atoms with Crippen molar-refractivity contribution >= 4 is 29.2 Å². The number of benzene rings is 1. The number of imide groups is 1. The molecule has 5 aliphatic rings. The fourth-order valence-electron chi connectivity index (χ4n) is 5.24. The smallest absolute Gasteiger partial charge is 0.313 e. The molecule has 1 aliphatic heterocycles. The zero-order chi connectivity index (χ0) is 19.0. The fourth-order valence-corrected chi connectivity index (χ4v) is 5.24. The topological polar surface area (TPSA) is 107 Å². The Labute approximate surface area is 153 Å². The highest BCUT2D eigenvalue weighted by Gasteiger charge is 2.67. The molecule has 6 rings (SSSR count). The van der Waals surface area contributed by atoms with Crippen LogP contribution in [0.1, 0.15) is 13.3 Å². The van der Waals surface area contributed by atoms with Gasteiger partial charge in [-0.05, 0) is 42.2 Å². The van der Waals surface area contributed by atoms with E-state index in [-0.39, 0.29) is 46.9 Å². The van der Waals surface area contributed by atoms with E-state index >= 15 is 0 Å². The molecule has 0 aromatic heterocycles. The molecule has 0 N–H and O–H groups in total.